The van der Waals surface area contributed by atoms with Crippen LogP contribution in [0.25, 0.3) is 0 Å². The Labute approximate surface area is 139 Å². The Kier molecular flexibility index (Phi) is 7.61. The van der Waals surface area contributed by atoms with Crippen molar-refractivity contribution in [3.63, 3.8) is 0 Å². The molecule has 0 spiro atoms. The van der Waals surface area contributed by atoms with Gasteiger partial charge in [-0.25, -0.2) is 9.59 Å². The Morgan fingerprint density at radius 1 is 1.13 bits per heavy atom. The van der Waals surface area contributed by atoms with E-state index in [9.17, 15) is 9.59 Å². The van der Waals surface area contributed by atoms with Gasteiger partial charge in [-0.3, -0.25) is 0 Å². The standard InChI is InChI=1S/C16H32N4O3/c1-16(2,3)23-15(22)19-11-12-7-6-8-13(12)17-9-10-18-14(21)20(4)5/h12-13,17H,6-11H2,1-5H3,(H,18,21)(H,19,22). The number of amides is 3. The third-order valence-corrected chi connectivity index (χ3v) is 3.78. The summed E-state index contributed by atoms with van der Waals surface area (Å²) >= 11 is 0. The minimum absolute atomic E-state index is 0.0821. The third-order valence-electron chi connectivity index (χ3n) is 3.78. The maximum absolute atomic E-state index is 11.7. The van der Waals surface area contributed by atoms with Crippen LogP contribution in [0, 0.1) is 5.92 Å². The normalized spacial score (nSPS) is 20.9. The monoisotopic (exact) mass is 328 g/mol. The van der Waals surface area contributed by atoms with Crippen molar-refractivity contribution in [2.45, 2.75) is 51.7 Å². The molecular weight excluding hydrogens is 296 g/mol. The van der Waals surface area contributed by atoms with E-state index in [2.05, 4.69) is 16.0 Å². The molecule has 134 valence electrons. The molecular formula is C16H32N4O3. The van der Waals surface area contributed by atoms with Crippen LogP contribution in [0.4, 0.5) is 9.59 Å². The first-order valence-electron chi connectivity index (χ1n) is 8.34. The molecule has 0 saturated heterocycles. The molecule has 0 heterocycles. The van der Waals surface area contributed by atoms with Gasteiger partial charge in [0.1, 0.15) is 5.60 Å². The van der Waals surface area contributed by atoms with E-state index in [0.29, 0.717) is 25.0 Å². The number of hydrogen-bond acceptors (Lipinski definition) is 4. The van der Waals surface area contributed by atoms with Gasteiger partial charge >= 0.3 is 12.1 Å². The van der Waals surface area contributed by atoms with Crippen molar-refractivity contribution in [3.05, 3.63) is 0 Å². The Hall–Kier alpha value is -1.50. The predicted molar refractivity (Wildman–Crippen MR) is 90.5 cm³/mol. The van der Waals surface area contributed by atoms with Gasteiger partial charge in [-0.15, -0.1) is 0 Å². The van der Waals surface area contributed by atoms with E-state index in [0.717, 1.165) is 25.8 Å². The highest BCUT2D eigenvalue weighted by Crippen LogP contribution is 2.25. The molecule has 1 fully saturated rings. The lowest BCUT2D eigenvalue weighted by atomic mass is 10.0. The van der Waals surface area contributed by atoms with Crippen molar-refractivity contribution in [1.82, 2.24) is 20.9 Å². The fourth-order valence-corrected chi connectivity index (χ4v) is 2.66. The van der Waals surface area contributed by atoms with Crippen molar-refractivity contribution in [3.8, 4) is 0 Å². The number of carbonyl (C=O) groups is 2. The number of nitrogens with zero attached hydrogens (tertiary/aromatic N) is 1. The van der Waals surface area contributed by atoms with Gasteiger partial charge in [-0.1, -0.05) is 6.42 Å². The molecule has 1 aliphatic rings. The number of rotatable bonds is 6. The van der Waals surface area contributed by atoms with Crippen LogP contribution in [0.5, 0.6) is 0 Å². The lowest BCUT2D eigenvalue weighted by Crippen LogP contribution is -2.44. The highest BCUT2D eigenvalue weighted by atomic mass is 16.6. The summed E-state index contributed by atoms with van der Waals surface area (Å²) in [7, 11) is 3.44. The van der Waals surface area contributed by atoms with Crippen LogP contribution < -0.4 is 16.0 Å². The van der Waals surface area contributed by atoms with Crippen LogP contribution in [0.2, 0.25) is 0 Å². The van der Waals surface area contributed by atoms with Crippen LogP contribution in [0.3, 0.4) is 0 Å². The fourth-order valence-electron chi connectivity index (χ4n) is 2.66. The topological polar surface area (TPSA) is 82.7 Å². The highest BCUT2D eigenvalue weighted by Gasteiger charge is 2.27. The Balaban J connectivity index is 2.23. The molecule has 23 heavy (non-hydrogen) atoms. The average Bonchev–Trinajstić information content (AvgIpc) is 2.86. The Morgan fingerprint density at radius 2 is 1.83 bits per heavy atom. The summed E-state index contributed by atoms with van der Waals surface area (Å²) in [6.45, 7) is 7.52. The predicted octanol–water partition coefficient (Wildman–Crippen LogP) is 1.54. The van der Waals surface area contributed by atoms with Crippen molar-refractivity contribution in [2.75, 3.05) is 33.7 Å². The molecule has 0 aromatic rings. The number of hydrogen-bond donors (Lipinski definition) is 3. The molecule has 7 heteroatoms. The molecule has 7 nitrogen and oxygen atoms in total. The highest BCUT2D eigenvalue weighted by molar-refractivity contribution is 5.73. The molecule has 3 N–H and O–H groups in total. The van der Waals surface area contributed by atoms with Gasteiger partial charge in [-0.2, -0.15) is 0 Å². The number of ether oxygens (including phenoxy) is 1. The lowest BCUT2D eigenvalue weighted by molar-refractivity contribution is 0.0517. The first-order chi connectivity index (χ1) is 10.7. The summed E-state index contributed by atoms with van der Waals surface area (Å²) in [6, 6.07) is 0.294. The third kappa shape index (κ3) is 8.06. The van der Waals surface area contributed by atoms with Gasteiger partial charge in [0.05, 0.1) is 0 Å². The van der Waals surface area contributed by atoms with Crippen LogP contribution >= 0.6 is 0 Å². The van der Waals surface area contributed by atoms with Gasteiger partial charge in [0, 0.05) is 39.8 Å². The van der Waals surface area contributed by atoms with Gasteiger partial charge in [0.2, 0.25) is 0 Å². The van der Waals surface area contributed by atoms with Crippen LogP contribution in [-0.4, -0.2) is 62.4 Å². The number of alkyl carbamates (subject to hydrolysis) is 1. The minimum Gasteiger partial charge on any atom is -0.444 e. The molecule has 0 radical (unpaired) electrons. The molecule has 0 bridgehead atoms. The molecule has 0 aromatic carbocycles. The summed E-state index contributed by atoms with van der Waals surface area (Å²) in [5.74, 6) is 0.409. The largest absolute Gasteiger partial charge is 0.444 e. The van der Waals surface area contributed by atoms with E-state index in [4.69, 9.17) is 4.74 Å². The van der Waals surface area contributed by atoms with Crippen LogP contribution in [0.1, 0.15) is 40.0 Å². The van der Waals surface area contributed by atoms with Crippen molar-refractivity contribution in [1.29, 1.82) is 0 Å². The molecule has 2 atom stereocenters. The van der Waals surface area contributed by atoms with E-state index in [1.165, 1.54) is 4.90 Å². The van der Waals surface area contributed by atoms with Gasteiger partial charge in [0.25, 0.3) is 0 Å². The number of urea groups is 1. The first-order valence-corrected chi connectivity index (χ1v) is 8.34. The molecule has 1 rings (SSSR count). The van der Waals surface area contributed by atoms with Gasteiger partial charge < -0.3 is 25.6 Å². The lowest BCUT2D eigenvalue weighted by Gasteiger charge is -2.24. The Bertz CT molecular complexity index is 393. The summed E-state index contributed by atoms with van der Waals surface area (Å²) < 4.78 is 5.26. The number of nitrogens with one attached hydrogen (secondary N) is 3. The van der Waals surface area contributed by atoms with Gasteiger partial charge in [0.15, 0.2) is 0 Å². The average molecular weight is 328 g/mol. The second-order valence-corrected chi connectivity index (χ2v) is 7.26. The molecule has 1 saturated carbocycles. The minimum atomic E-state index is -0.470. The smallest absolute Gasteiger partial charge is 0.407 e. The van der Waals surface area contributed by atoms with E-state index in [1.807, 2.05) is 20.8 Å². The summed E-state index contributed by atoms with van der Waals surface area (Å²) in [4.78, 5) is 24.7. The van der Waals surface area contributed by atoms with Crippen molar-refractivity contribution >= 4 is 12.1 Å². The molecule has 2 unspecified atom stereocenters. The second-order valence-electron chi connectivity index (χ2n) is 7.26. The quantitative estimate of drug-likeness (QED) is 0.646. The zero-order valence-corrected chi connectivity index (χ0v) is 15.1. The summed E-state index contributed by atoms with van der Waals surface area (Å²) in [5, 5.41) is 9.16. The van der Waals surface area contributed by atoms with E-state index < -0.39 is 5.60 Å². The van der Waals surface area contributed by atoms with E-state index in [1.54, 1.807) is 14.1 Å². The van der Waals surface area contributed by atoms with Crippen molar-refractivity contribution < 1.29 is 14.3 Å². The van der Waals surface area contributed by atoms with Gasteiger partial charge in [-0.05, 0) is 39.5 Å². The maximum atomic E-state index is 11.7. The maximum Gasteiger partial charge on any atom is 0.407 e. The molecule has 3 amide bonds. The van der Waals surface area contributed by atoms with Crippen LogP contribution in [-0.2, 0) is 4.74 Å². The molecule has 0 aromatic heterocycles. The zero-order valence-electron chi connectivity index (χ0n) is 15.1. The van der Waals surface area contributed by atoms with Crippen molar-refractivity contribution in [2.24, 2.45) is 5.92 Å². The van der Waals surface area contributed by atoms with Crippen LogP contribution in [0.15, 0.2) is 0 Å². The van der Waals surface area contributed by atoms with E-state index >= 15 is 0 Å². The summed E-state index contributed by atoms with van der Waals surface area (Å²) in [5.41, 5.74) is -0.470. The first kappa shape index (κ1) is 19.5. The Morgan fingerprint density at radius 3 is 2.43 bits per heavy atom. The fraction of sp³-hybridized carbons (Fsp3) is 0.875. The van der Waals surface area contributed by atoms with E-state index in [-0.39, 0.29) is 12.1 Å². The SMILES string of the molecule is CN(C)C(=O)NCCNC1CCCC1CNC(=O)OC(C)(C)C. The zero-order chi connectivity index (χ0) is 17.5. The number of carbonyl (C=O) groups excluding carboxylic acids is 2. The summed E-state index contributed by atoms with van der Waals surface area (Å²) in [6.07, 6.45) is 2.99. The molecule has 1 aliphatic carbocycles. The second kappa shape index (κ2) is 8.96. The molecule has 0 aliphatic heterocycles.